The zero-order valence-corrected chi connectivity index (χ0v) is 10.8. The third kappa shape index (κ3) is 4.01. The van der Waals surface area contributed by atoms with Crippen molar-refractivity contribution in [1.29, 1.82) is 0 Å². The molecule has 0 bridgehead atoms. The minimum absolute atomic E-state index is 0.137. The standard InChI is InChI=1S/C10H22N2O3S/c1-9(2)7-11-16(14,15)12-5-3-10(8-12)4-6-13/h9-11,13H,3-8H2,1-2H3. The van der Waals surface area contributed by atoms with Gasteiger partial charge in [0.15, 0.2) is 0 Å². The fourth-order valence-electron chi connectivity index (χ4n) is 1.80. The van der Waals surface area contributed by atoms with E-state index in [4.69, 9.17) is 5.11 Å². The summed E-state index contributed by atoms with van der Waals surface area (Å²) in [6, 6.07) is 0. The molecule has 1 fully saturated rings. The number of nitrogens with one attached hydrogen (secondary N) is 1. The molecule has 0 aromatic heterocycles. The average Bonchev–Trinajstić information content (AvgIpc) is 2.65. The Morgan fingerprint density at radius 1 is 1.50 bits per heavy atom. The van der Waals surface area contributed by atoms with E-state index in [2.05, 4.69) is 4.72 Å². The lowest BCUT2D eigenvalue weighted by Crippen LogP contribution is -2.40. The van der Waals surface area contributed by atoms with Crippen LogP contribution in [-0.4, -0.2) is 44.1 Å². The summed E-state index contributed by atoms with van der Waals surface area (Å²) in [6.45, 7) is 5.66. The van der Waals surface area contributed by atoms with Crippen molar-refractivity contribution >= 4 is 10.2 Å². The van der Waals surface area contributed by atoms with Crippen LogP contribution in [-0.2, 0) is 10.2 Å². The Morgan fingerprint density at radius 2 is 2.19 bits per heavy atom. The quantitative estimate of drug-likeness (QED) is 0.706. The van der Waals surface area contributed by atoms with Gasteiger partial charge in [-0.25, -0.2) is 4.72 Å². The molecule has 0 aromatic rings. The minimum atomic E-state index is -3.30. The molecular weight excluding hydrogens is 228 g/mol. The summed E-state index contributed by atoms with van der Waals surface area (Å²) in [4.78, 5) is 0. The van der Waals surface area contributed by atoms with Crippen molar-refractivity contribution in [3.05, 3.63) is 0 Å². The van der Waals surface area contributed by atoms with Crippen molar-refractivity contribution in [2.75, 3.05) is 26.2 Å². The van der Waals surface area contributed by atoms with E-state index in [1.807, 2.05) is 13.8 Å². The molecular formula is C10H22N2O3S. The SMILES string of the molecule is CC(C)CNS(=O)(=O)N1CCC(CCO)C1. The first-order chi connectivity index (χ1) is 7.45. The maximum Gasteiger partial charge on any atom is 0.279 e. The first kappa shape index (κ1) is 13.9. The Hall–Kier alpha value is -0.170. The van der Waals surface area contributed by atoms with Gasteiger partial charge in [-0.3, -0.25) is 0 Å². The van der Waals surface area contributed by atoms with E-state index in [0.717, 1.165) is 6.42 Å². The molecule has 0 aromatic carbocycles. The molecule has 2 N–H and O–H groups in total. The first-order valence-corrected chi connectivity index (χ1v) is 7.25. The second kappa shape index (κ2) is 5.95. The van der Waals surface area contributed by atoms with Crippen molar-refractivity contribution in [1.82, 2.24) is 9.03 Å². The average molecular weight is 250 g/mol. The van der Waals surface area contributed by atoms with Gasteiger partial charge in [-0.2, -0.15) is 12.7 Å². The molecule has 1 unspecified atom stereocenters. The van der Waals surface area contributed by atoms with Crippen LogP contribution in [0.25, 0.3) is 0 Å². The van der Waals surface area contributed by atoms with Crippen molar-refractivity contribution < 1.29 is 13.5 Å². The molecule has 5 nitrogen and oxygen atoms in total. The second-order valence-corrected chi connectivity index (χ2v) is 6.53. The summed E-state index contributed by atoms with van der Waals surface area (Å²) in [7, 11) is -3.30. The number of hydrogen-bond acceptors (Lipinski definition) is 3. The summed E-state index contributed by atoms with van der Waals surface area (Å²) in [6.07, 6.45) is 1.54. The molecule has 0 spiro atoms. The Labute approximate surface area is 98.0 Å². The number of hydrogen-bond donors (Lipinski definition) is 2. The zero-order valence-electron chi connectivity index (χ0n) is 10.0. The molecule has 1 atom stereocenters. The maximum atomic E-state index is 11.8. The van der Waals surface area contributed by atoms with E-state index in [1.165, 1.54) is 4.31 Å². The van der Waals surface area contributed by atoms with Crippen LogP contribution < -0.4 is 4.72 Å². The molecule has 1 rings (SSSR count). The van der Waals surface area contributed by atoms with Crippen molar-refractivity contribution in [3.8, 4) is 0 Å². The highest BCUT2D eigenvalue weighted by Gasteiger charge is 2.30. The predicted molar refractivity (Wildman–Crippen MR) is 63.1 cm³/mol. The van der Waals surface area contributed by atoms with Crippen LogP contribution >= 0.6 is 0 Å². The van der Waals surface area contributed by atoms with Gasteiger partial charge in [0.2, 0.25) is 0 Å². The Kier molecular flexibility index (Phi) is 5.17. The van der Waals surface area contributed by atoms with Gasteiger partial charge < -0.3 is 5.11 Å². The van der Waals surface area contributed by atoms with Crippen molar-refractivity contribution in [2.45, 2.75) is 26.7 Å². The van der Waals surface area contributed by atoms with Gasteiger partial charge >= 0.3 is 0 Å². The fraction of sp³-hybridized carbons (Fsp3) is 1.00. The maximum absolute atomic E-state index is 11.8. The van der Waals surface area contributed by atoms with E-state index in [9.17, 15) is 8.42 Å². The lowest BCUT2D eigenvalue weighted by molar-refractivity contribution is 0.259. The molecule has 1 saturated heterocycles. The third-order valence-corrected chi connectivity index (χ3v) is 4.34. The van der Waals surface area contributed by atoms with Crippen LogP contribution in [0, 0.1) is 11.8 Å². The highest BCUT2D eigenvalue weighted by atomic mass is 32.2. The highest BCUT2D eigenvalue weighted by molar-refractivity contribution is 7.87. The molecule has 1 aliphatic rings. The van der Waals surface area contributed by atoms with Crippen LogP contribution in [0.4, 0.5) is 0 Å². The van der Waals surface area contributed by atoms with Crippen LogP contribution in [0.2, 0.25) is 0 Å². The van der Waals surface area contributed by atoms with Gasteiger partial charge in [-0.1, -0.05) is 13.8 Å². The monoisotopic (exact) mass is 250 g/mol. The molecule has 0 aliphatic carbocycles. The number of aliphatic hydroxyl groups is 1. The van der Waals surface area contributed by atoms with Gasteiger partial charge in [-0.15, -0.1) is 0 Å². The van der Waals surface area contributed by atoms with Crippen LogP contribution in [0.15, 0.2) is 0 Å². The lowest BCUT2D eigenvalue weighted by atomic mass is 10.1. The first-order valence-electron chi connectivity index (χ1n) is 5.81. The third-order valence-electron chi connectivity index (χ3n) is 2.80. The smallest absolute Gasteiger partial charge is 0.279 e. The number of rotatable bonds is 6. The Bertz CT molecular complexity index is 303. The lowest BCUT2D eigenvalue weighted by Gasteiger charge is -2.17. The molecule has 16 heavy (non-hydrogen) atoms. The topological polar surface area (TPSA) is 69.6 Å². The van der Waals surface area contributed by atoms with Gasteiger partial charge in [-0.05, 0) is 24.7 Å². The molecule has 0 amide bonds. The van der Waals surface area contributed by atoms with Crippen molar-refractivity contribution in [2.24, 2.45) is 11.8 Å². The van der Waals surface area contributed by atoms with Crippen molar-refractivity contribution in [3.63, 3.8) is 0 Å². The molecule has 0 radical (unpaired) electrons. The summed E-state index contributed by atoms with van der Waals surface area (Å²) >= 11 is 0. The number of aliphatic hydroxyl groups excluding tert-OH is 1. The molecule has 1 heterocycles. The Morgan fingerprint density at radius 3 is 2.75 bits per heavy atom. The summed E-state index contributed by atoms with van der Waals surface area (Å²) in [5.41, 5.74) is 0. The van der Waals surface area contributed by atoms with E-state index in [0.29, 0.717) is 37.9 Å². The summed E-state index contributed by atoms with van der Waals surface area (Å²) < 4.78 is 27.8. The number of nitrogens with zero attached hydrogens (tertiary/aromatic N) is 1. The van der Waals surface area contributed by atoms with Gasteiger partial charge in [0.1, 0.15) is 0 Å². The van der Waals surface area contributed by atoms with Crippen LogP contribution in [0.1, 0.15) is 26.7 Å². The normalized spacial score (nSPS) is 23.1. The molecule has 1 aliphatic heterocycles. The largest absolute Gasteiger partial charge is 0.396 e. The predicted octanol–water partition coefficient (Wildman–Crippen LogP) is 0.181. The van der Waals surface area contributed by atoms with E-state index >= 15 is 0 Å². The highest BCUT2D eigenvalue weighted by Crippen LogP contribution is 2.21. The molecule has 6 heteroatoms. The van der Waals surface area contributed by atoms with Crippen LogP contribution in [0.5, 0.6) is 0 Å². The van der Waals surface area contributed by atoms with E-state index in [1.54, 1.807) is 0 Å². The van der Waals surface area contributed by atoms with Gasteiger partial charge in [0.25, 0.3) is 10.2 Å². The summed E-state index contributed by atoms with van der Waals surface area (Å²) in [5, 5.41) is 8.81. The van der Waals surface area contributed by atoms with Gasteiger partial charge in [0.05, 0.1) is 0 Å². The second-order valence-electron chi connectivity index (χ2n) is 4.77. The molecule has 0 saturated carbocycles. The van der Waals surface area contributed by atoms with Gasteiger partial charge in [0, 0.05) is 26.2 Å². The Balaban J connectivity index is 2.45. The van der Waals surface area contributed by atoms with E-state index < -0.39 is 10.2 Å². The fourth-order valence-corrected chi connectivity index (χ4v) is 3.28. The molecule has 96 valence electrons. The van der Waals surface area contributed by atoms with Crippen LogP contribution in [0.3, 0.4) is 0 Å². The zero-order chi connectivity index (χ0) is 12.2. The van der Waals surface area contributed by atoms with E-state index in [-0.39, 0.29) is 6.61 Å². The minimum Gasteiger partial charge on any atom is -0.396 e. The summed E-state index contributed by atoms with van der Waals surface area (Å²) in [5.74, 6) is 0.617.